The van der Waals surface area contributed by atoms with Crippen LogP contribution >= 0.6 is 0 Å². The molecule has 0 aromatic heterocycles. The number of hydrogen-bond acceptors (Lipinski definition) is 0. The van der Waals surface area contributed by atoms with Crippen LogP contribution in [0.5, 0.6) is 0 Å². The van der Waals surface area contributed by atoms with Crippen LogP contribution in [0.3, 0.4) is 0 Å². The van der Waals surface area contributed by atoms with Gasteiger partial charge < -0.3 is 21.5 Å². The van der Waals surface area contributed by atoms with E-state index in [2.05, 4.69) is 20.9 Å². The average Bonchev–Trinajstić information content (AvgIpc) is 2.13. The molecule has 62 valence electrons. The summed E-state index contributed by atoms with van der Waals surface area (Å²) < 4.78 is 1.31. The molecule has 0 amide bonds. The molecule has 0 aromatic rings. The van der Waals surface area contributed by atoms with Crippen molar-refractivity contribution in [2.45, 2.75) is 20.3 Å². The fraction of sp³-hybridized carbons (Fsp3) is 1.00. The summed E-state index contributed by atoms with van der Waals surface area (Å²) in [6.45, 7) is 8.76. The quantitative estimate of drug-likeness (QED) is 0.460. The Kier molecular flexibility index (Phi) is 3.89. The summed E-state index contributed by atoms with van der Waals surface area (Å²) in [7, 11) is 2.36. The van der Waals surface area contributed by atoms with Crippen LogP contribution in [0.25, 0.3) is 0 Å². The van der Waals surface area contributed by atoms with Crippen molar-refractivity contribution in [3.63, 3.8) is 0 Å². The molecular formula is C8H18BrN. The summed E-state index contributed by atoms with van der Waals surface area (Å²) in [4.78, 5) is 0. The van der Waals surface area contributed by atoms with Crippen LogP contribution in [0.2, 0.25) is 0 Å². The topological polar surface area (TPSA) is 0 Å². The van der Waals surface area contributed by atoms with Crippen LogP contribution in [-0.4, -0.2) is 31.2 Å². The second-order valence-electron chi connectivity index (χ2n) is 3.74. The standard InChI is InChI=1S/C8H18N.BrH/c1-4-9(3)6-5-8(2)7-9;/h8H,4-7H2,1-3H3;1H/q+1;/p-1. The van der Waals surface area contributed by atoms with Gasteiger partial charge in [0, 0.05) is 12.3 Å². The van der Waals surface area contributed by atoms with E-state index in [4.69, 9.17) is 0 Å². The highest BCUT2D eigenvalue weighted by Crippen LogP contribution is 2.20. The first-order valence-electron chi connectivity index (χ1n) is 4.00. The Labute approximate surface area is 74.8 Å². The first kappa shape index (κ1) is 10.4. The van der Waals surface area contributed by atoms with Gasteiger partial charge in [-0.2, -0.15) is 0 Å². The highest BCUT2D eigenvalue weighted by molar-refractivity contribution is 4.59. The Morgan fingerprint density at radius 3 is 2.30 bits per heavy atom. The van der Waals surface area contributed by atoms with Crippen molar-refractivity contribution in [2.24, 2.45) is 5.92 Å². The van der Waals surface area contributed by atoms with Gasteiger partial charge in [-0.3, -0.25) is 0 Å². The molecule has 1 nitrogen and oxygen atoms in total. The van der Waals surface area contributed by atoms with E-state index < -0.39 is 0 Å². The first-order valence-corrected chi connectivity index (χ1v) is 4.00. The fourth-order valence-electron chi connectivity index (χ4n) is 1.75. The van der Waals surface area contributed by atoms with E-state index in [0.717, 1.165) is 5.92 Å². The van der Waals surface area contributed by atoms with Gasteiger partial charge in [-0.15, -0.1) is 0 Å². The van der Waals surface area contributed by atoms with Crippen molar-refractivity contribution in [1.29, 1.82) is 0 Å². The Morgan fingerprint density at radius 1 is 1.50 bits per heavy atom. The normalized spacial score (nSPS) is 39.3. The maximum atomic E-state index is 2.36. The van der Waals surface area contributed by atoms with Crippen molar-refractivity contribution in [3.8, 4) is 0 Å². The van der Waals surface area contributed by atoms with Crippen molar-refractivity contribution in [3.05, 3.63) is 0 Å². The molecule has 0 radical (unpaired) electrons. The van der Waals surface area contributed by atoms with E-state index in [1.807, 2.05) is 0 Å². The van der Waals surface area contributed by atoms with Gasteiger partial charge >= 0.3 is 0 Å². The zero-order valence-corrected chi connectivity index (χ0v) is 8.82. The SMILES string of the molecule is CC[N+]1(C)CCC(C)C1.[Br-]. The molecule has 10 heavy (non-hydrogen) atoms. The molecule has 1 fully saturated rings. The smallest absolute Gasteiger partial charge is 0.0812 e. The van der Waals surface area contributed by atoms with E-state index in [9.17, 15) is 0 Å². The third-order valence-corrected chi connectivity index (χ3v) is 2.68. The summed E-state index contributed by atoms with van der Waals surface area (Å²) in [6.07, 6.45) is 1.43. The molecular weight excluding hydrogens is 190 g/mol. The fourth-order valence-corrected chi connectivity index (χ4v) is 1.75. The molecule has 1 aliphatic rings. The molecule has 1 saturated heterocycles. The summed E-state index contributed by atoms with van der Waals surface area (Å²) >= 11 is 0. The summed E-state index contributed by atoms with van der Waals surface area (Å²) in [5.41, 5.74) is 0. The van der Waals surface area contributed by atoms with E-state index in [1.54, 1.807) is 0 Å². The monoisotopic (exact) mass is 207 g/mol. The maximum absolute atomic E-state index is 2.36. The molecule has 0 spiro atoms. The van der Waals surface area contributed by atoms with Gasteiger partial charge in [-0.05, 0) is 6.92 Å². The largest absolute Gasteiger partial charge is 1.00 e. The molecule has 0 aliphatic carbocycles. The van der Waals surface area contributed by atoms with Crippen molar-refractivity contribution >= 4 is 0 Å². The van der Waals surface area contributed by atoms with E-state index in [-0.39, 0.29) is 17.0 Å². The molecule has 1 aliphatic heterocycles. The lowest BCUT2D eigenvalue weighted by Gasteiger charge is -2.27. The van der Waals surface area contributed by atoms with Crippen molar-refractivity contribution < 1.29 is 21.5 Å². The lowest BCUT2D eigenvalue weighted by Crippen LogP contribution is -3.00. The van der Waals surface area contributed by atoms with Crippen LogP contribution in [-0.2, 0) is 0 Å². The van der Waals surface area contributed by atoms with Gasteiger partial charge in [0.2, 0.25) is 0 Å². The van der Waals surface area contributed by atoms with Crippen LogP contribution in [0, 0.1) is 5.92 Å². The molecule has 2 unspecified atom stereocenters. The molecule has 0 aromatic carbocycles. The molecule has 1 heterocycles. The second-order valence-corrected chi connectivity index (χ2v) is 3.74. The Bertz CT molecular complexity index is 105. The summed E-state index contributed by atoms with van der Waals surface area (Å²) in [5, 5.41) is 0. The number of nitrogens with zero attached hydrogens (tertiary/aromatic N) is 1. The number of halogens is 1. The molecule has 0 N–H and O–H groups in total. The lowest BCUT2D eigenvalue weighted by atomic mass is 10.2. The maximum Gasteiger partial charge on any atom is 0.0812 e. The molecule has 0 saturated carbocycles. The minimum atomic E-state index is 0. The highest BCUT2D eigenvalue weighted by Gasteiger charge is 2.29. The zero-order chi connectivity index (χ0) is 6.91. The van der Waals surface area contributed by atoms with Gasteiger partial charge in [-0.25, -0.2) is 0 Å². The molecule has 0 bridgehead atoms. The van der Waals surface area contributed by atoms with Gasteiger partial charge in [0.05, 0.1) is 26.7 Å². The number of likely N-dealkylation sites (tertiary alicyclic amines) is 1. The molecule has 1 rings (SSSR count). The first-order chi connectivity index (χ1) is 4.16. The zero-order valence-electron chi connectivity index (χ0n) is 7.23. The van der Waals surface area contributed by atoms with Crippen LogP contribution in [0.15, 0.2) is 0 Å². The average molecular weight is 208 g/mol. The minimum absolute atomic E-state index is 0. The second kappa shape index (κ2) is 3.72. The van der Waals surface area contributed by atoms with Crippen LogP contribution < -0.4 is 17.0 Å². The third-order valence-electron chi connectivity index (χ3n) is 2.68. The van der Waals surface area contributed by atoms with E-state index in [0.29, 0.717) is 0 Å². The minimum Gasteiger partial charge on any atom is -1.00 e. The number of hydrogen-bond donors (Lipinski definition) is 0. The summed E-state index contributed by atoms with van der Waals surface area (Å²) in [5.74, 6) is 0.968. The number of quaternary nitrogens is 1. The Morgan fingerprint density at radius 2 is 2.10 bits per heavy atom. The van der Waals surface area contributed by atoms with Crippen molar-refractivity contribution in [2.75, 3.05) is 26.7 Å². The molecule has 2 atom stereocenters. The van der Waals surface area contributed by atoms with Crippen LogP contribution in [0.4, 0.5) is 0 Å². The van der Waals surface area contributed by atoms with Crippen molar-refractivity contribution in [1.82, 2.24) is 0 Å². The van der Waals surface area contributed by atoms with Gasteiger partial charge in [0.1, 0.15) is 0 Å². The third kappa shape index (κ3) is 2.24. The predicted molar refractivity (Wildman–Crippen MR) is 40.2 cm³/mol. The number of rotatable bonds is 1. The predicted octanol–water partition coefficient (Wildman–Crippen LogP) is -1.50. The van der Waals surface area contributed by atoms with E-state index in [1.165, 1.54) is 30.5 Å². The van der Waals surface area contributed by atoms with Gasteiger partial charge in [0.15, 0.2) is 0 Å². The van der Waals surface area contributed by atoms with E-state index >= 15 is 0 Å². The van der Waals surface area contributed by atoms with Gasteiger partial charge in [0.25, 0.3) is 0 Å². The Hall–Kier alpha value is 0.440. The Balaban J connectivity index is 0.000000810. The van der Waals surface area contributed by atoms with Gasteiger partial charge in [-0.1, -0.05) is 6.92 Å². The van der Waals surface area contributed by atoms with Crippen LogP contribution in [0.1, 0.15) is 20.3 Å². The molecule has 2 heteroatoms. The lowest BCUT2D eigenvalue weighted by molar-refractivity contribution is -0.897. The highest BCUT2D eigenvalue weighted by atomic mass is 79.9. The summed E-state index contributed by atoms with van der Waals surface area (Å²) in [6, 6.07) is 0.